The molecule has 0 unspecified atom stereocenters. The maximum absolute atomic E-state index is 9.39. The van der Waals surface area contributed by atoms with E-state index in [0.29, 0.717) is 5.41 Å². The lowest BCUT2D eigenvalue weighted by Crippen LogP contribution is -2.41. The molecule has 1 nitrogen and oxygen atoms in total. The highest BCUT2D eigenvalue weighted by molar-refractivity contribution is 5.41. The number of nitrogens with zero attached hydrogens (tertiary/aromatic N) is 1. The van der Waals surface area contributed by atoms with E-state index in [1.165, 1.54) is 24.0 Å². The van der Waals surface area contributed by atoms with Crippen LogP contribution in [0.1, 0.15) is 36.8 Å². The van der Waals surface area contributed by atoms with Gasteiger partial charge in [0, 0.05) is 0 Å². The fourth-order valence-corrected chi connectivity index (χ4v) is 3.05. The van der Waals surface area contributed by atoms with Crippen LogP contribution in [0.3, 0.4) is 0 Å². The first-order valence-corrected chi connectivity index (χ1v) is 5.67. The highest BCUT2D eigenvalue weighted by Gasteiger charge is 2.61. The smallest absolute Gasteiger partial charge is 0.0833 e. The van der Waals surface area contributed by atoms with E-state index in [1.807, 2.05) is 0 Å². The molecule has 0 aromatic heterocycles. The van der Waals surface area contributed by atoms with E-state index >= 15 is 0 Å². The topological polar surface area (TPSA) is 23.8 Å². The highest BCUT2D eigenvalue weighted by atomic mass is 14.6. The molecule has 0 bridgehead atoms. The summed E-state index contributed by atoms with van der Waals surface area (Å²) in [5.41, 5.74) is 2.93. The minimum atomic E-state index is -0.150. The lowest BCUT2D eigenvalue weighted by molar-refractivity contribution is 0.173. The fraction of sp³-hybridized carbons (Fsp3) is 0.500. The molecule has 0 N–H and O–H groups in total. The van der Waals surface area contributed by atoms with Gasteiger partial charge in [0.05, 0.1) is 11.5 Å². The lowest BCUT2D eigenvalue weighted by Gasteiger charge is -2.44. The minimum Gasteiger partial charge on any atom is -0.197 e. The number of hydrogen-bond donors (Lipinski definition) is 0. The van der Waals surface area contributed by atoms with Gasteiger partial charge in [0.15, 0.2) is 0 Å². The zero-order valence-electron chi connectivity index (χ0n) is 9.09. The second kappa shape index (κ2) is 2.64. The normalized spacial score (nSPS) is 24.3. The van der Waals surface area contributed by atoms with Gasteiger partial charge in [-0.3, -0.25) is 0 Å². The van der Waals surface area contributed by atoms with Crippen molar-refractivity contribution in [3.8, 4) is 6.07 Å². The highest BCUT2D eigenvalue weighted by Crippen LogP contribution is 2.68. The Labute approximate surface area is 90.7 Å². The van der Waals surface area contributed by atoms with Crippen LogP contribution in [-0.4, -0.2) is 0 Å². The Kier molecular flexibility index (Phi) is 1.58. The van der Waals surface area contributed by atoms with Crippen LogP contribution in [0, 0.1) is 23.7 Å². The van der Waals surface area contributed by atoms with Crippen molar-refractivity contribution in [2.24, 2.45) is 5.41 Å². The molecule has 0 aliphatic heterocycles. The molecule has 15 heavy (non-hydrogen) atoms. The number of hydrogen-bond acceptors (Lipinski definition) is 1. The molecule has 1 spiro atoms. The molecular formula is C14H15N. The third-order valence-electron chi connectivity index (χ3n) is 4.10. The van der Waals surface area contributed by atoms with Gasteiger partial charge in [-0.15, -0.1) is 0 Å². The summed E-state index contributed by atoms with van der Waals surface area (Å²) in [5.74, 6) is 0. The Hall–Kier alpha value is -1.29. The van der Waals surface area contributed by atoms with Crippen LogP contribution in [0.4, 0.5) is 0 Å². The van der Waals surface area contributed by atoms with Crippen LogP contribution >= 0.6 is 0 Å². The SMILES string of the molecule is Cc1cccc(C2(C#N)CC3(CC3)C2)c1. The third-order valence-corrected chi connectivity index (χ3v) is 4.10. The molecular weight excluding hydrogens is 182 g/mol. The standard InChI is InChI=1S/C14H15N/c1-11-3-2-4-12(7-11)14(10-15)8-13(9-14)5-6-13/h2-4,7H,5-6,8-9H2,1H3. The van der Waals surface area contributed by atoms with Gasteiger partial charge in [0.2, 0.25) is 0 Å². The van der Waals surface area contributed by atoms with Crippen molar-refractivity contribution in [2.75, 3.05) is 0 Å². The zero-order chi connectivity index (χ0) is 10.5. The molecule has 1 aromatic carbocycles. The molecule has 0 radical (unpaired) electrons. The Morgan fingerprint density at radius 1 is 1.27 bits per heavy atom. The molecule has 2 saturated carbocycles. The number of aryl methyl sites for hydroxylation is 1. The molecule has 0 heterocycles. The molecule has 0 amide bonds. The molecule has 76 valence electrons. The monoisotopic (exact) mass is 197 g/mol. The van der Waals surface area contributed by atoms with Crippen molar-refractivity contribution in [2.45, 2.75) is 38.0 Å². The van der Waals surface area contributed by atoms with E-state index < -0.39 is 0 Å². The van der Waals surface area contributed by atoms with E-state index in [1.54, 1.807) is 0 Å². The Balaban J connectivity index is 1.95. The molecule has 1 aromatic rings. The van der Waals surface area contributed by atoms with Crippen LogP contribution in [-0.2, 0) is 5.41 Å². The predicted octanol–water partition coefficient (Wildman–Crippen LogP) is 3.33. The summed E-state index contributed by atoms with van der Waals surface area (Å²) in [6.45, 7) is 2.10. The summed E-state index contributed by atoms with van der Waals surface area (Å²) >= 11 is 0. The van der Waals surface area contributed by atoms with Crippen molar-refractivity contribution in [3.63, 3.8) is 0 Å². The van der Waals surface area contributed by atoms with Gasteiger partial charge in [0.25, 0.3) is 0 Å². The molecule has 0 atom stereocenters. The second-order valence-corrected chi connectivity index (χ2v) is 5.42. The molecule has 2 aliphatic rings. The summed E-state index contributed by atoms with van der Waals surface area (Å²) in [4.78, 5) is 0. The van der Waals surface area contributed by atoms with E-state index in [4.69, 9.17) is 0 Å². The predicted molar refractivity (Wildman–Crippen MR) is 59.4 cm³/mol. The van der Waals surface area contributed by atoms with Crippen LogP contribution in [0.15, 0.2) is 24.3 Å². The first-order valence-electron chi connectivity index (χ1n) is 5.67. The van der Waals surface area contributed by atoms with Gasteiger partial charge in [0.1, 0.15) is 0 Å². The number of nitriles is 1. The maximum Gasteiger partial charge on any atom is 0.0833 e. The summed E-state index contributed by atoms with van der Waals surface area (Å²) in [6, 6.07) is 11.0. The van der Waals surface area contributed by atoms with Crippen molar-refractivity contribution < 1.29 is 0 Å². The van der Waals surface area contributed by atoms with Crippen LogP contribution < -0.4 is 0 Å². The summed E-state index contributed by atoms with van der Waals surface area (Å²) in [5, 5.41) is 9.39. The van der Waals surface area contributed by atoms with Gasteiger partial charge in [-0.2, -0.15) is 5.26 Å². The Morgan fingerprint density at radius 2 is 2.00 bits per heavy atom. The van der Waals surface area contributed by atoms with Gasteiger partial charge >= 0.3 is 0 Å². The molecule has 0 saturated heterocycles. The van der Waals surface area contributed by atoms with Gasteiger partial charge < -0.3 is 0 Å². The van der Waals surface area contributed by atoms with E-state index in [-0.39, 0.29) is 5.41 Å². The number of benzene rings is 1. The Morgan fingerprint density at radius 3 is 2.53 bits per heavy atom. The lowest BCUT2D eigenvalue weighted by atomic mass is 9.57. The van der Waals surface area contributed by atoms with Gasteiger partial charge in [-0.25, -0.2) is 0 Å². The maximum atomic E-state index is 9.39. The average molecular weight is 197 g/mol. The summed E-state index contributed by atoms with van der Waals surface area (Å²) in [6.07, 6.45) is 4.89. The first-order chi connectivity index (χ1) is 7.18. The van der Waals surface area contributed by atoms with Crippen molar-refractivity contribution in [1.82, 2.24) is 0 Å². The van der Waals surface area contributed by atoms with Gasteiger partial charge in [-0.1, -0.05) is 29.8 Å². The fourth-order valence-electron chi connectivity index (χ4n) is 3.05. The molecule has 3 rings (SSSR count). The summed E-state index contributed by atoms with van der Waals surface area (Å²) in [7, 11) is 0. The quantitative estimate of drug-likeness (QED) is 0.677. The van der Waals surface area contributed by atoms with E-state index in [9.17, 15) is 5.26 Å². The average Bonchev–Trinajstić information content (AvgIpc) is 2.94. The zero-order valence-corrected chi connectivity index (χ0v) is 9.09. The van der Waals surface area contributed by atoms with Crippen molar-refractivity contribution in [1.29, 1.82) is 5.26 Å². The first kappa shape index (κ1) is 8.97. The summed E-state index contributed by atoms with van der Waals surface area (Å²) < 4.78 is 0. The minimum absolute atomic E-state index is 0.150. The molecule has 2 fully saturated rings. The largest absolute Gasteiger partial charge is 0.197 e. The van der Waals surface area contributed by atoms with Gasteiger partial charge in [-0.05, 0) is 43.6 Å². The van der Waals surface area contributed by atoms with E-state index in [2.05, 4.69) is 37.3 Å². The van der Waals surface area contributed by atoms with Crippen LogP contribution in [0.5, 0.6) is 0 Å². The molecule has 2 aliphatic carbocycles. The Bertz CT molecular complexity index is 441. The number of rotatable bonds is 1. The molecule has 1 heteroatoms. The third kappa shape index (κ3) is 1.21. The van der Waals surface area contributed by atoms with E-state index in [0.717, 1.165) is 12.8 Å². The van der Waals surface area contributed by atoms with Crippen molar-refractivity contribution >= 4 is 0 Å². The van der Waals surface area contributed by atoms with Crippen LogP contribution in [0.25, 0.3) is 0 Å². The second-order valence-electron chi connectivity index (χ2n) is 5.42. The van der Waals surface area contributed by atoms with Crippen LogP contribution in [0.2, 0.25) is 0 Å². The van der Waals surface area contributed by atoms with Crippen molar-refractivity contribution in [3.05, 3.63) is 35.4 Å².